The van der Waals surface area contributed by atoms with E-state index in [9.17, 15) is 0 Å². The molecule has 3 heterocycles. The van der Waals surface area contributed by atoms with Crippen LogP contribution in [0.25, 0.3) is 5.82 Å². The average molecular weight is 407 g/mol. The summed E-state index contributed by atoms with van der Waals surface area (Å²) in [4.78, 5) is 13.0. The van der Waals surface area contributed by atoms with E-state index in [1.165, 1.54) is 6.33 Å². The van der Waals surface area contributed by atoms with Crippen molar-refractivity contribution in [1.82, 2.24) is 19.5 Å². The van der Waals surface area contributed by atoms with Crippen LogP contribution in [0.5, 0.6) is 11.5 Å². The maximum Gasteiger partial charge on any atom is 0.231 e. The van der Waals surface area contributed by atoms with Gasteiger partial charge in [-0.15, -0.1) is 0 Å². The maximum absolute atomic E-state index is 6.24. The van der Waals surface area contributed by atoms with E-state index in [2.05, 4.69) is 25.6 Å². The molecule has 0 atom stereocenters. The summed E-state index contributed by atoms with van der Waals surface area (Å²) in [6.07, 6.45) is 4.99. The molecule has 0 spiro atoms. The van der Waals surface area contributed by atoms with Gasteiger partial charge in [-0.05, 0) is 24.3 Å². The summed E-state index contributed by atoms with van der Waals surface area (Å²) in [5.41, 5.74) is 1.59. The summed E-state index contributed by atoms with van der Waals surface area (Å²) < 4.78 is 12.6. The van der Waals surface area contributed by atoms with Crippen LogP contribution in [0.15, 0.2) is 67.3 Å². The molecule has 4 aromatic rings. The van der Waals surface area contributed by atoms with Gasteiger partial charge in [-0.2, -0.15) is 0 Å². The van der Waals surface area contributed by atoms with Crippen LogP contribution in [0.1, 0.15) is 0 Å². The number of hydrogen-bond acceptors (Lipinski definition) is 7. The molecule has 0 amide bonds. The lowest BCUT2D eigenvalue weighted by molar-refractivity contribution is 0.174. The van der Waals surface area contributed by atoms with E-state index in [0.29, 0.717) is 28.4 Å². The average Bonchev–Trinajstić information content (AvgIpc) is 3.39. The van der Waals surface area contributed by atoms with Gasteiger partial charge >= 0.3 is 0 Å². The Balaban J connectivity index is 1.41. The highest BCUT2D eigenvalue weighted by atomic mass is 35.5. The van der Waals surface area contributed by atoms with Crippen LogP contribution in [0.3, 0.4) is 0 Å². The van der Waals surface area contributed by atoms with Gasteiger partial charge in [-0.1, -0.05) is 23.7 Å². The minimum Gasteiger partial charge on any atom is -0.454 e. The second-order valence-electron chi connectivity index (χ2n) is 6.18. The number of nitrogens with zero attached hydrogens (tertiary/aromatic N) is 4. The lowest BCUT2D eigenvalue weighted by Crippen LogP contribution is -2.04. The molecule has 5 rings (SSSR count). The molecule has 0 unspecified atom stereocenters. The van der Waals surface area contributed by atoms with Gasteiger partial charge in [0.1, 0.15) is 18.0 Å². The molecule has 1 aliphatic rings. The standard InChI is InChI=1S/C20H15ClN6O2/c21-14-3-1-2-4-15(14)26-20-22-7-8-27(20)19-10-18(23-11-24-19)25-13-5-6-16-17(9-13)29-12-28-16/h1-11H,12H2,(H,22,26)(H,23,24,25). The zero-order valence-electron chi connectivity index (χ0n) is 15.0. The molecule has 0 radical (unpaired) electrons. The maximum atomic E-state index is 6.24. The highest BCUT2D eigenvalue weighted by Gasteiger charge is 2.14. The number of hydrogen-bond donors (Lipinski definition) is 2. The molecule has 29 heavy (non-hydrogen) atoms. The predicted molar refractivity (Wildman–Crippen MR) is 110 cm³/mol. The number of fused-ring (bicyclic) bond motifs is 1. The van der Waals surface area contributed by atoms with Crippen molar-refractivity contribution in [1.29, 1.82) is 0 Å². The predicted octanol–water partition coefficient (Wildman–Crippen LogP) is 4.53. The summed E-state index contributed by atoms with van der Waals surface area (Å²) in [6, 6.07) is 14.9. The van der Waals surface area contributed by atoms with Gasteiger partial charge < -0.3 is 20.1 Å². The van der Waals surface area contributed by atoms with Gasteiger partial charge in [0.2, 0.25) is 12.7 Å². The molecular formula is C20H15ClN6O2. The van der Waals surface area contributed by atoms with Gasteiger partial charge in [0.25, 0.3) is 0 Å². The zero-order valence-corrected chi connectivity index (χ0v) is 15.8. The Kier molecular flexibility index (Phi) is 4.38. The zero-order chi connectivity index (χ0) is 19.6. The number of imidazole rings is 1. The van der Waals surface area contributed by atoms with Crippen LogP contribution >= 0.6 is 11.6 Å². The van der Waals surface area contributed by atoms with Crippen LogP contribution in [-0.4, -0.2) is 26.3 Å². The molecule has 0 fully saturated rings. The van der Waals surface area contributed by atoms with E-state index in [0.717, 1.165) is 17.1 Å². The van der Waals surface area contributed by atoms with Crippen molar-refractivity contribution < 1.29 is 9.47 Å². The van der Waals surface area contributed by atoms with Crippen molar-refractivity contribution in [3.05, 3.63) is 72.3 Å². The van der Waals surface area contributed by atoms with E-state index >= 15 is 0 Å². The lowest BCUT2D eigenvalue weighted by atomic mass is 10.3. The number of para-hydroxylation sites is 1. The normalized spacial score (nSPS) is 12.0. The van der Waals surface area contributed by atoms with E-state index in [4.69, 9.17) is 21.1 Å². The fraction of sp³-hybridized carbons (Fsp3) is 0.0500. The number of benzene rings is 2. The molecule has 1 aliphatic heterocycles. The van der Waals surface area contributed by atoms with Crippen molar-refractivity contribution in [3.63, 3.8) is 0 Å². The fourth-order valence-electron chi connectivity index (χ4n) is 2.93. The molecule has 0 aliphatic carbocycles. The Bertz CT molecular complexity index is 1180. The third-order valence-corrected chi connectivity index (χ3v) is 4.64. The second kappa shape index (κ2) is 7.33. The van der Waals surface area contributed by atoms with Crippen molar-refractivity contribution in [2.45, 2.75) is 0 Å². The quantitative estimate of drug-likeness (QED) is 0.503. The van der Waals surface area contributed by atoms with Gasteiger partial charge in [0, 0.05) is 30.2 Å². The van der Waals surface area contributed by atoms with Crippen molar-refractivity contribution in [2.75, 3.05) is 17.4 Å². The van der Waals surface area contributed by atoms with Crippen molar-refractivity contribution in [2.24, 2.45) is 0 Å². The number of aromatic nitrogens is 4. The number of nitrogens with one attached hydrogen (secondary N) is 2. The number of anilines is 4. The van der Waals surface area contributed by atoms with Crippen LogP contribution in [-0.2, 0) is 0 Å². The van der Waals surface area contributed by atoms with Crippen LogP contribution in [0.4, 0.5) is 23.1 Å². The molecular weight excluding hydrogens is 392 g/mol. The Labute approximate surface area is 171 Å². The number of rotatable bonds is 5. The van der Waals surface area contributed by atoms with Crippen LogP contribution in [0, 0.1) is 0 Å². The van der Waals surface area contributed by atoms with Gasteiger partial charge in [-0.3, -0.25) is 4.57 Å². The summed E-state index contributed by atoms with van der Waals surface area (Å²) in [5, 5.41) is 7.08. The first-order chi connectivity index (χ1) is 14.3. The van der Waals surface area contributed by atoms with E-state index < -0.39 is 0 Å². The highest BCUT2D eigenvalue weighted by Crippen LogP contribution is 2.35. The fourth-order valence-corrected chi connectivity index (χ4v) is 3.12. The van der Waals surface area contributed by atoms with Crippen LogP contribution in [0.2, 0.25) is 5.02 Å². The van der Waals surface area contributed by atoms with Gasteiger partial charge in [-0.25, -0.2) is 15.0 Å². The Morgan fingerprint density at radius 1 is 0.931 bits per heavy atom. The molecule has 2 aromatic carbocycles. The Hall–Kier alpha value is -3.78. The Morgan fingerprint density at radius 3 is 2.76 bits per heavy atom. The topological polar surface area (TPSA) is 86.1 Å². The second-order valence-corrected chi connectivity index (χ2v) is 6.59. The summed E-state index contributed by atoms with van der Waals surface area (Å²) >= 11 is 6.24. The summed E-state index contributed by atoms with van der Waals surface area (Å²) in [5.74, 6) is 3.30. The molecule has 144 valence electrons. The smallest absolute Gasteiger partial charge is 0.231 e. The number of halogens is 1. The van der Waals surface area contributed by atoms with Crippen molar-refractivity contribution >= 4 is 34.7 Å². The minimum absolute atomic E-state index is 0.234. The largest absolute Gasteiger partial charge is 0.454 e. The SMILES string of the molecule is Clc1ccccc1Nc1nccn1-c1cc(Nc2ccc3c(c2)OCO3)ncn1. The van der Waals surface area contributed by atoms with E-state index in [-0.39, 0.29) is 6.79 Å². The van der Waals surface area contributed by atoms with E-state index in [1.807, 2.05) is 59.3 Å². The monoisotopic (exact) mass is 406 g/mol. The third kappa shape index (κ3) is 3.53. The van der Waals surface area contributed by atoms with Gasteiger partial charge in [0.05, 0.1) is 10.7 Å². The first kappa shape index (κ1) is 17.3. The van der Waals surface area contributed by atoms with E-state index in [1.54, 1.807) is 6.20 Å². The number of ether oxygens (including phenoxy) is 2. The molecule has 2 N–H and O–H groups in total. The molecule has 0 saturated heterocycles. The first-order valence-corrected chi connectivity index (χ1v) is 9.18. The molecule has 9 heteroatoms. The lowest BCUT2D eigenvalue weighted by Gasteiger charge is -2.11. The molecule has 0 bridgehead atoms. The first-order valence-electron chi connectivity index (χ1n) is 8.80. The summed E-state index contributed by atoms with van der Waals surface area (Å²) in [7, 11) is 0. The van der Waals surface area contributed by atoms with Gasteiger partial charge in [0.15, 0.2) is 11.5 Å². The molecule has 0 saturated carbocycles. The highest BCUT2D eigenvalue weighted by molar-refractivity contribution is 6.33. The van der Waals surface area contributed by atoms with Crippen molar-refractivity contribution in [3.8, 4) is 17.3 Å². The Morgan fingerprint density at radius 2 is 1.83 bits per heavy atom. The third-order valence-electron chi connectivity index (χ3n) is 4.31. The summed E-state index contributed by atoms with van der Waals surface area (Å²) in [6.45, 7) is 0.234. The molecule has 2 aromatic heterocycles. The molecule has 8 nitrogen and oxygen atoms in total. The van der Waals surface area contributed by atoms with Crippen LogP contribution < -0.4 is 20.1 Å². The minimum atomic E-state index is 0.234.